The Hall–Kier alpha value is -1.78. The number of nitrogens with two attached hydrogens (primary N) is 1. The van der Waals surface area contributed by atoms with E-state index in [0.29, 0.717) is 6.07 Å². The van der Waals surface area contributed by atoms with Crippen LogP contribution < -0.4 is 10.5 Å². The summed E-state index contributed by atoms with van der Waals surface area (Å²) in [5.41, 5.74) is 4.25. The van der Waals surface area contributed by atoms with E-state index in [1.807, 2.05) is 0 Å². The molecule has 0 aromatic heterocycles. The Morgan fingerprint density at radius 3 is 2.60 bits per heavy atom. The van der Waals surface area contributed by atoms with Crippen LogP contribution in [0.2, 0.25) is 0 Å². The quantitative estimate of drug-likeness (QED) is 0.451. The smallest absolute Gasteiger partial charge is 0.274 e. The van der Waals surface area contributed by atoms with Crippen molar-refractivity contribution in [2.75, 3.05) is 19.5 Å². The SMILES string of the molecule is COCC(C)NS(=O)(=O)c1c(N)cc([N+](=O)[O-])cc1F. The highest BCUT2D eigenvalue weighted by Gasteiger charge is 2.27. The Morgan fingerprint density at radius 1 is 1.55 bits per heavy atom. The molecular weight excluding hydrogens is 293 g/mol. The van der Waals surface area contributed by atoms with Crippen LogP contribution in [0, 0.1) is 15.9 Å². The van der Waals surface area contributed by atoms with Gasteiger partial charge >= 0.3 is 0 Å². The summed E-state index contributed by atoms with van der Waals surface area (Å²) in [7, 11) is -2.86. The summed E-state index contributed by atoms with van der Waals surface area (Å²) in [5, 5.41) is 10.5. The topological polar surface area (TPSA) is 125 Å². The summed E-state index contributed by atoms with van der Waals surface area (Å²) in [6.07, 6.45) is 0. The molecule has 0 bridgehead atoms. The number of nitro benzene ring substituents is 1. The molecule has 0 radical (unpaired) electrons. The van der Waals surface area contributed by atoms with Crippen LogP contribution in [0.1, 0.15) is 6.92 Å². The zero-order valence-electron chi connectivity index (χ0n) is 10.8. The minimum absolute atomic E-state index is 0.0771. The van der Waals surface area contributed by atoms with Crippen molar-refractivity contribution in [1.29, 1.82) is 0 Å². The van der Waals surface area contributed by atoms with Gasteiger partial charge in [0.15, 0.2) is 5.82 Å². The van der Waals surface area contributed by atoms with Crippen LogP contribution in [0.3, 0.4) is 0 Å². The van der Waals surface area contributed by atoms with Crippen molar-refractivity contribution in [3.05, 3.63) is 28.1 Å². The Kier molecular flexibility index (Phi) is 4.98. The van der Waals surface area contributed by atoms with Gasteiger partial charge in [-0.1, -0.05) is 0 Å². The van der Waals surface area contributed by atoms with Gasteiger partial charge in [0.05, 0.1) is 23.3 Å². The maximum Gasteiger partial charge on any atom is 0.274 e. The van der Waals surface area contributed by atoms with E-state index < -0.39 is 43.1 Å². The zero-order chi connectivity index (χ0) is 15.5. The lowest BCUT2D eigenvalue weighted by atomic mass is 10.3. The highest BCUT2D eigenvalue weighted by Crippen LogP contribution is 2.27. The monoisotopic (exact) mass is 307 g/mol. The van der Waals surface area contributed by atoms with Crippen LogP contribution in [0.5, 0.6) is 0 Å². The second-order valence-electron chi connectivity index (χ2n) is 4.08. The van der Waals surface area contributed by atoms with E-state index in [9.17, 15) is 22.9 Å². The number of nitrogens with zero attached hydrogens (tertiary/aromatic N) is 1. The molecule has 0 spiro atoms. The second-order valence-corrected chi connectivity index (χ2v) is 5.73. The Labute approximate surface area is 114 Å². The molecular formula is C10H14FN3O5S. The number of rotatable bonds is 6. The van der Waals surface area contributed by atoms with Crippen molar-refractivity contribution < 1.29 is 22.5 Å². The van der Waals surface area contributed by atoms with Gasteiger partial charge in [-0.05, 0) is 6.92 Å². The Balaban J connectivity index is 3.22. The molecule has 0 amide bonds. The highest BCUT2D eigenvalue weighted by molar-refractivity contribution is 7.89. The van der Waals surface area contributed by atoms with Crippen molar-refractivity contribution >= 4 is 21.4 Å². The van der Waals surface area contributed by atoms with Crippen molar-refractivity contribution in [2.45, 2.75) is 17.9 Å². The van der Waals surface area contributed by atoms with E-state index in [0.717, 1.165) is 6.07 Å². The summed E-state index contributed by atoms with van der Waals surface area (Å²) < 4.78 is 44.7. The van der Waals surface area contributed by atoms with Crippen LogP contribution in [-0.2, 0) is 14.8 Å². The fraction of sp³-hybridized carbons (Fsp3) is 0.400. The van der Waals surface area contributed by atoms with E-state index in [2.05, 4.69) is 4.72 Å². The van der Waals surface area contributed by atoms with Gasteiger partial charge in [-0.2, -0.15) is 0 Å². The molecule has 112 valence electrons. The standard InChI is InChI=1S/C10H14FN3O5S/c1-6(5-19-2)13-20(17,18)10-8(11)3-7(14(15)16)4-9(10)12/h3-4,6,13H,5,12H2,1-2H3. The van der Waals surface area contributed by atoms with Crippen LogP contribution >= 0.6 is 0 Å². The van der Waals surface area contributed by atoms with Gasteiger partial charge in [-0.15, -0.1) is 0 Å². The molecule has 20 heavy (non-hydrogen) atoms. The third kappa shape index (κ3) is 3.62. The average Bonchev–Trinajstić information content (AvgIpc) is 2.26. The van der Waals surface area contributed by atoms with E-state index >= 15 is 0 Å². The maximum atomic E-state index is 13.8. The van der Waals surface area contributed by atoms with Crippen LogP contribution in [-0.4, -0.2) is 33.1 Å². The van der Waals surface area contributed by atoms with E-state index in [1.54, 1.807) is 0 Å². The summed E-state index contributed by atoms with van der Waals surface area (Å²) in [4.78, 5) is 8.85. The molecule has 0 aliphatic carbocycles. The minimum atomic E-state index is -4.24. The van der Waals surface area contributed by atoms with Gasteiger partial charge in [0.25, 0.3) is 5.69 Å². The lowest BCUT2D eigenvalue weighted by molar-refractivity contribution is -0.385. The first kappa shape index (κ1) is 16.3. The second kappa shape index (κ2) is 6.11. The molecule has 0 aliphatic rings. The Morgan fingerprint density at radius 2 is 2.15 bits per heavy atom. The predicted octanol–water partition coefficient (Wildman–Crippen LogP) is 0.629. The fourth-order valence-corrected chi connectivity index (χ4v) is 3.00. The first-order chi connectivity index (χ1) is 9.19. The van der Waals surface area contributed by atoms with Gasteiger partial charge in [0, 0.05) is 19.2 Å². The van der Waals surface area contributed by atoms with Crippen molar-refractivity contribution in [3.63, 3.8) is 0 Å². The van der Waals surface area contributed by atoms with Crippen LogP contribution in [0.15, 0.2) is 17.0 Å². The molecule has 1 unspecified atom stereocenters. The van der Waals surface area contributed by atoms with Crippen LogP contribution in [0.25, 0.3) is 0 Å². The Bertz CT molecular complexity index is 596. The maximum absolute atomic E-state index is 13.8. The average molecular weight is 307 g/mol. The molecule has 1 rings (SSSR count). The number of nitrogen functional groups attached to an aromatic ring is 1. The zero-order valence-corrected chi connectivity index (χ0v) is 11.6. The minimum Gasteiger partial charge on any atom is -0.397 e. The summed E-state index contributed by atoms with van der Waals surface area (Å²) in [6, 6.07) is 0.684. The summed E-state index contributed by atoms with van der Waals surface area (Å²) in [6.45, 7) is 1.59. The van der Waals surface area contributed by atoms with Crippen molar-refractivity contribution in [2.24, 2.45) is 0 Å². The lowest BCUT2D eigenvalue weighted by Crippen LogP contribution is -2.36. The normalized spacial score (nSPS) is 13.2. The fourth-order valence-electron chi connectivity index (χ4n) is 1.60. The number of hydrogen-bond acceptors (Lipinski definition) is 6. The number of ether oxygens (including phenoxy) is 1. The first-order valence-electron chi connectivity index (χ1n) is 5.43. The number of nitro groups is 1. The molecule has 0 aliphatic heterocycles. The largest absolute Gasteiger partial charge is 0.397 e. The van der Waals surface area contributed by atoms with Crippen molar-refractivity contribution in [3.8, 4) is 0 Å². The van der Waals surface area contributed by atoms with E-state index in [1.165, 1.54) is 14.0 Å². The number of hydrogen-bond donors (Lipinski definition) is 2. The molecule has 0 fully saturated rings. The molecule has 1 atom stereocenters. The molecule has 8 nitrogen and oxygen atoms in total. The molecule has 1 aromatic carbocycles. The number of benzene rings is 1. The summed E-state index contributed by atoms with van der Waals surface area (Å²) in [5.74, 6) is -1.28. The number of sulfonamides is 1. The van der Waals surface area contributed by atoms with Gasteiger partial charge < -0.3 is 10.5 Å². The third-order valence-corrected chi connectivity index (χ3v) is 3.99. The molecule has 0 heterocycles. The molecule has 0 saturated carbocycles. The van der Waals surface area contributed by atoms with Gasteiger partial charge in [0.2, 0.25) is 10.0 Å². The predicted molar refractivity (Wildman–Crippen MR) is 69.1 cm³/mol. The third-order valence-electron chi connectivity index (χ3n) is 2.31. The first-order valence-corrected chi connectivity index (χ1v) is 6.92. The van der Waals surface area contributed by atoms with Crippen LogP contribution in [0.4, 0.5) is 15.8 Å². The van der Waals surface area contributed by atoms with Gasteiger partial charge in [-0.3, -0.25) is 10.1 Å². The molecule has 1 aromatic rings. The van der Waals surface area contributed by atoms with Gasteiger partial charge in [0.1, 0.15) is 4.90 Å². The highest BCUT2D eigenvalue weighted by atomic mass is 32.2. The number of nitrogens with one attached hydrogen (secondary N) is 1. The molecule has 3 N–H and O–H groups in total. The molecule has 10 heteroatoms. The number of non-ortho nitro benzene ring substituents is 1. The van der Waals surface area contributed by atoms with E-state index in [-0.39, 0.29) is 6.61 Å². The number of methoxy groups -OCH3 is 1. The van der Waals surface area contributed by atoms with Crippen molar-refractivity contribution in [1.82, 2.24) is 4.72 Å². The molecule has 0 saturated heterocycles. The number of anilines is 1. The van der Waals surface area contributed by atoms with E-state index in [4.69, 9.17) is 10.5 Å². The number of halogens is 1. The summed E-state index contributed by atoms with van der Waals surface area (Å²) >= 11 is 0. The lowest BCUT2D eigenvalue weighted by Gasteiger charge is -2.14. The van der Waals surface area contributed by atoms with Gasteiger partial charge in [-0.25, -0.2) is 17.5 Å².